The number of hydrogen-bond acceptors (Lipinski definition) is 12. The Kier molecular flexibility index (Phi) is 16.9. The Morgan fingerprint density at radius 2 is 0.653 bits per heavy atom. The van der Waals surface area contributed by atoms with E-state index in [-0.39, 0.29) is 77.0 Å². The zero-order valence-electron chi connectivity index (χ0n) is 43.5. The number of fused-ring (bicyclic) bond motifs is 8. The largest absolute Gasteiger partial charge is 0.714 e. The first-order chi connectivity index (χ1) is 34.0. The van der Waals surface area contributed by atoms with Crippen molar-refractivity contribution in [1.29, 1.82) is 0 Å². The monoisotopic (exact) mass is 1120 g/mol. The predicted molar refractivity (Wildman–Crippen MR) is 279 cm³/mol. The van der Waals surface area contributed by atoms with Crippen molar-refractivity contribution in [2.24, 2.45) is 0 Å². The molecule has 0 saturated heterocycles. The molecule has 1 aliphatic carbocycles. The zero-order valence-corrected chi connectivity index (χ0v) is 46.7. The molecular weight excluding hydrogens is 1060 g/mol. The van der Waals surface area contributed by atoms with Gasteiger partial charge < -0.3 is 48.3 Å². The fourth-order valence-corrected chi connectivity index (χ4v) is 10.5. The summed E-state index contributed by atoms with van der Waals surface area (Å²) < 4.78 is 52.1. The number of nitrogens with zero attached hydrogens (tertiary/aromatic N) is 4. The number of rotatable bonds is 18. The van der Waals surface area contributed by atoms with E-state index < -0.39 is 22.2 Å². The van der Waals surface area contributed by atoms with Gasteiger partial charge in [0.15, 0.2) is 11.1 Å². The highest BCUT2D eigenvalue weighted by Crippen LogP contribution is 2.45. The fourth-order valence-electron chi connectivity index (χ4n) is 9.40. The SMILES string of the molecule is COCCOc1c2cc(Br)cc1Cc1cc(C3=[N+]([O-])C(C)(C)C(C)(C)N3[O])cc(c1OCCOC)Cc1cc(Br)cc(c1OCCOC)Cc1cc(C3=[N+]([O-])C(C)(C)C(C)(C)N3[O])cc(c1OCCOC)C2. The predicted octanol–water partition coefficient (Wildman–Crippen LogP) is 8.94. The third-order valence-electron chi connectivity index (χ3n) is 14.9. The van der Waals surface area contributed by atoms with Gasteiger partial charge in [-0.1, -0.05) is 42.0 Å². The summed E-state index contributed by atoms with van der Waals surface area (Å²) in [7, 11) is 6.43. The number of hydroxylamine groups is 6. The summed E-state index contributed by atoms with van der Waals surface area (Å²) in [4.78, 5) is 0. The second kappa shape index (κ2) is 22.0. The summed E-state index contributed by atoms with van der Waals surface area (Å²) in [6.45, 7) is 16.2. The number of amidine groups is 2. The lowest BCUT2D eigenvalue weighted by Crippen LogP contribution is -2.53. The maximum absolute atomic E-state index is 14.4. The Bertz CT molecular complexity index is 2440. The van der Waals surface area contributed by atoms with Crippen molar-refractivity contribution in [3.63, 3.8) is 0 Å². The van der Waals surface area contributed by atoms with Crippen molar-refractivity contribution in [3.05, 3.63) is 124 Å². The summed E-state index contributed by atoms with van der Waals surface area (Å²) in [5, 5.41) is 59.4. The average Bonchev–Trinajstić information content (AvgIpc) is 3.51. The third-order valence-corrected chi connectivity index (χ3v) is 15.8. The van der Waals surface area contributed by atoms with Crippen molar-refractivity contribution in [3.8, 4) is 23.0 Å². The van der Waals surface area contributed by atoms with Crippen molar-refractivity contribution >= 4 is 43.5 Å². The third kappa shape index (κ3) is 10.4. The van der Waals surface area contributed by atoms with Gasteiger partial charge in [0.05, 0.1) is 37.6 Å². The Labute approximate surface area is 440 Å². The van der Waals surface area contributed by atoms with Crippen molar-refractivity contribution in [1.82, 2.24) is 10.1 Å². The first-order valence-corrected chi connectivity index (χ1v) is 25.7. The van der Waals surface area contributed by atoms with E-state index in [9.17, 15) is 20.8 Å². The highest BCUT2D eigenvalue weighted by Gasteiger charge is 2.61. The van der Waals surface area contributed by atoms with E-state index in [0.29, 0.717) is 69.6 Å². The molecule has 0 unspecified atom stereocenters. The van der Waals surface area contributed by atoms with Gasteiger partial charge in [0.25, 0.3) is 0 Å². The van der Waals surface area contributed by atoms with Crippen LogP contribution in [0.4, 0.5) is 0 Å². The summed E-state index contributed by atoms with van der Waals surface area (Å²) in [5.74, 6) is 2.20. The van der Waals surface area contributed by atoms with E-state index in [2.05, 4.69) is 31.9 Å². The van der Waals surface area contributed by atoms with Gasteiger partial charge in [-0.15, -0.1) is 0 Å². The van der Waals surface area contributed by atoms with Crippen LogP contribution in [0.5, 0.6) is 23.0 Å². The summed E-state index contributed by atoms with van der Waals surface area (Å²) in [5.41, 5.74) is 2.27. The minimum absolute atomic E-state index is 0.0150. The van der Waals surface area contributed by atoms with Crippen LogP contribution in [0.15, 0.2) is 57.5 Å². The summed E-state index contributed by atoms with van der Waals surface area (Å²) >= 11 is 7.67. The van der Waals surface area contributed by atoms with Crippen LogP contribution in [-0.2, 0) is 55.0 Å². The fraction of sp³-hybridized carbons (Fsp3) is 0.519. The number of halogens is 2. The normalized spacial score (nSPS) is 17.7. The Morgan fingerprint density at radius 1 is 0.431 bits per heavy atom. The van der Waals surface area contributed by atoms with Crippen LogP contribution in [0.3, 0.4) is 0 Å². The second-order valence-electron chi connectivity index (χ2n) is 20.5. The molecule has 3 aliphatic rings. The van der Waals surface area contributed by atoms with Gasteiger partial charge in [-0.25, -0.2) is 0 Å². The number of hydrogen-bond donors (Lipinski definition) is 0. The van der Waals surface area contributed by atoms with E-state index in [0.717, 1.165) is 50.8 Å². The Balaban J connectivity index is 1.60. The molecule has 4 aromatic rings. The molecule has 390 valence electrons. The number of methoxy groups -OCH3 is 4. The van der Waals surface area contributed by atoms with Crippen LogP contribution in [0, 0.1) is 10.4 Å². The van der Waals surface area contributed by atoms with E-state index in [1.165, 1.54) is 0 Å². The van der Waals surface area contributed by atoms with Gasteiger partial charge in [0.1, 0.15) is 60.5 Å². The van der Waals surface area contributed by atoms with E-state index >= 15 is 0 Å². The number of benzene rings is 4. The molecule has 7 rings (SSSR count). The van der Waals surface area contributed by atoms with Gasteiger partial charge in [-0.2, -0.15) is 0 Å². The first kappa shape index (κ1) is 55.1. The molecule has 16 nitrogen and oxygen atoms in total. The van der Waals surface area contributed by atoms with Gasteiger partial charge in [-0.05, 0) is 126 Å². The molecule has 4 aromatic carbocycles. The maximum atomic E-state index is 14.4. The van der Waals surface area contributed by atoms with Gasteiger partial charge in [0, 0.05) is 95.7 Å². The minimum Gasteiger partial charge on any atom is -0.714 e. The molecule has 8 bridgehead atoms. The summed E-state index contributed by atoms with van der Waals surface area (Å²) in [6.07, 6.45) is 0.879. The van der Waals surface area contributed by atoms with Gasteiger partial charge in [0.2, 0.25) is 0 Å². The van der Waals surface area contributed by atoms with Crippen LogP contribution < -0.4 is 18.9 Å². The molecule has 2 aliphatic heterocycles. The molecule has 0 N–H and O–H groups in total. The zero-order chi connectivity index (χ0) is 52.5. The quantitative estimate of drug-likeness (QED) is 0.0464. The molecule has 0 saturated carbocycles. The summed E-state index contributed by atoms with van der Waals surface area (Å²) in [6, 6.07) is 15.4. The molecule has 2 radical (unpaired) electrons. The smallest absolute Gasteiger partial charge is 0.316 e. The average molecular weight is 1120 g/mol. The molecule has 0 fully saturated rings. The standard InChI is InChI=1S/C54H68Br2N4O12/c1-51(2)52(3,4)58(62)49(57(51)61)41-25-33-21-37-29-43(55)31-39(47(37)71-19-15-67-11)23-35-27-42(50-59(63)53(5,6)54(7,8)60(50)64)28-36(46(35)70-18-14-66-10)24-40-32-44(56)30-38(48(40)72-20-16-68-12)22-34(26-41)45(33)69-17-13-65-9/h25-32H,13-24H2,1-12H3. The van der Waals surface area contributed by atoms with Crippen LogP contribution in [0.1, 0.15) is 111 Å². The van der Waals surface area contributed by atoms with Crippen LogP contribution in [0.25, 0.3) is 0 Å². The molecule has 2 heterocycles. The minimum atomic E-state index is -1.09. The van der Waals surface area contributed by atoms with Gasteiger partial charge >= 0.3 is 11.7 Å². The molecule has 0 amide bonds. The molecule has 72 heavy (non-hydrogen) atoms. The second-order valence-corrected chi connectivity index (χ2v) is 22.3. The highest BCUT2D eigenvalue weighted by molar-refractivity contribution is 9.10. The van der Waals surface area contributed by atoms with Crippen LogP contribution in [0.2, 0.25) is 0 Å². The van der Waals surface area contributed by atoms with Gasteiger partial charge in [-0.3, -0.25) is 9.48 Å². The van der Waals surface area contributed by atoms with E-state index in [4.69, 9.17) is 37.9 Å². The lowest BCUT2D eigenvalue weighted by Gasteiger charge is -2.32. The molecule has 18 heteroatoms. The maximum Gasteiger partial charge on any atom is 0.316 e. The number of ether oxygens (including phenoxy) is 8. The topological polar surface area (TPSA) is 172 Å². The first-order valence-electron chi connectivity index (χ1n) is 24.1. The van der Waals surface area contributed by atoms with Crippen molar-refractivity contribution in [2.45, 2.75) is 103 Å². The Morgan fingerprint density at radius 3 is 0.847 bits per heavy atom. The van der Waals surface area contributed by atoms with Crippen LogP contribution >= 0.6 is 31.9 Å². The van der Waals surface area contributed by atoms with E-state index in [1.54, 1.807) is 83.8 Å². The lowest BCUT2D eigenvalue weighted by atomic mass is 9.84. The highest BCUT2D eigenvalue weighted by atomic mass is 79.9. The molecule has 0 atom stereocenters. The van der Waals surface area contributed by atoms with Crippen molar-refractivity contribution < 1.29 is 57.8 Å². The molecular formula is C54H68Br2N4O12. The molecule has 0 spiro atoms. The lowest BCUT2D eigenvalue weighted by molar-refractivity contribution is -0.539. The van der Waals surface area contributed by atoms with E-state index in [1.807, 2.05) is 48.5 Å². The Hall–Kier alpha value is -4.66. The van der Waals surface area contributed by atoms with Crippen LogP contribution in [-0.4, -0.2) is 135 Å². The van der Waals surface area contributed by atoms with Crippen molar-refractivity contribution in [2.75, 3.05) is 81.3 Å². The molecule has 0 aromatic heterocycles.